The number of halogens is 1. The molecule has 1 aliphatic rings. The third kappa shape index (κ3) is 1.43. The monoisotopic (exact) mass is 224 g/mol. The topological polar surface area (TPSA) is 55.1 Å². The summed E-state index contributed by atoms with van der Waals surface area (Å²) in [7, 11) is 0. The van der Waals surface area contributed by atoms with Crippen molar-refractivity contribution in [3.8, 4) is 0 Å². The average molecular weight is 225 g/mol. The summed E-state index contributed by atoms with van der Waals surface area (Å²) in [6, 6.07) is 3.74. The van der Waals surface area contributed by atoms with E-state index in [4.69, 9.17) is 17.3 Å². The van der Waals surface area contributed by atoms with Crippen molar-refractivity contribution < 1.29 is 4.79 Å². The van der Waals surface area contributed by atoms with E-state index in [9.17, 15) is 4.79 Å². The first-order valence-corrected chi connectivity index (χ1v) is 5.19. The summed E-state index contributed by atoms with van der Waals surface area (Å²) in [6.07, 6.45) is 0. The third-order valence-corrected chi connectivity index (χ3v) is 3.16. The van der Waals surface area contributed by atoms with Crippen molar-refractivity contribution in [1.29, 1.82) is 0 Å². The Hall–Kier alpha value is -1.06. The van der Waals surface area contributed by atoms with E-state index in [-0.39, 0.29) is 5.91 Å². The van der Waals surface area contributed by atoms with Gasteiger partial charge in [-0.05, 0) is 31.0 Å². The number of fused-ring (bicyclic) bond motifs is 1. The maximum Gasteiger partial charge on any atom is 0.234 e. The van der Waals surface area contributed by atoms with Gasteiger partial charge in [0, 0.05) is 6.54 Å². The third-order valence-electron chi connectivity index (χ3n) is 2.87. The highest BCUT2D eigenvalue weighted by atomic mass is 35.5. The lowest BCUT2D eigenvalue weighted by molar-refractivity contribution is -0.119. The minimum Gasteiger partial charge on any atom is -0.326 e. The van der Waals surface area contributed by atoms with Gasteiger partial charge in [0.2, 0.25) is 5.91 Å². The normalized spacial score (nSPS) is 17.5. The molecule has 3 nitrogen and oxygen atoms in total. The van der Waals surface area contributed by atoms with Gasteiger partial charge in [-0.25, -0.2) is 0 Å². The van der Waals surface area contributed by atoms with E-state index in [1.807, 2.05) is 19.9 Å². The molecule has 0 aliphatic carbocycles. The second-order valence-electron chi connectivity index (χ2n) is 4.28. The summed E-state index contributed by atoms with van der Waals surface area (Å²) in [4.78, 5) is 11.7. The number of rotatable bonds is 1. The van der Waals surface area contributed by atoms with Gasteiger partial charge in [-0.1, -0.05) is 17.7 Å². The molecule has 15 heavy (non-hydrogen) atoms. The Balaban J connectivity index is 2.66. The first-order valence-electron chi connectivity index (χ1n) is 4.81. The summed E-state index contributed by atoms with van der Waals surface area (Å²) >= 11 is 6.08. The summed E-state index contributed by atoms with van der Waals surface area (Å²) < 4.78 is 0. The van der Waals surface area contributed by atoms with E-state index < -0.39 is 5.41 Å². The molecular weight excluding hydrogens is 212 g/mol. The van der Waals surface area contributed by atoms with Crippen LogP contribution in [0.3, 0.4) is 0 Å². The van der Waals surface area contributed by atoms with E-state index in [0.717, 1.165) is 16.8 Å². The molecule has 0 bridgehead atoms. The van der Waals surface area contributed by atoms with Gasteiger partial charge in [0.1, 0.15) is 0 Å². The van der Waals surface area contributed by atoms with Gasteiger partial charge in [-0.15, -0.1) is 0 Å². The number of nitrogens with two attached hydrogens (primary N) is 1. The zero-order valence-electron chi connectivity index (χ0n) is 8.73. The largest absolute Gasteiger partial charge is 0.326 e. The van der Waals surface area contributed by atoms with Gasteiger partial charge in [0.15, 0.2) is 0 Å². The van der Waals surface area contributed by atoms with Crippen molar-refractivity contribution in [2.75, 3.05) is 5.32 Å². The maximum atomic E-state index is 11.7. The molecule has 0 aromatic heterocycles. The number of hydrogen-bond acceptors (Lipinski definition) is 2. The number of carbonyl (C=O) groups excluding carboxylic acids is 1. The van der Waals surface area contributed by atoms with E-state index in [1.54, 1.807) is 6.07 Å². The lowest BCUT2D eigenvalue weighted by Crippen LogP contribution is -2.26. The highest BCUT2D eigenvalue weighted by Crippen LogP contribution is 2.41. The number of amides is 1. The van der Waals surface area contributed by atoms with E-state index >= 15 is 0 Å². The van der Waals surface area contributed by atoms with Gasteiger partial charge >= 0.3 is 0 Å². The van der Waals surface area contributed by atoms with Crippen LogP contribution in [0.25, 0.3) is 0 Å². The Bertz CT molecular complexity index is 440. The van der Waals surface area contributed by atoms with E-state index in [1.165, 1.54) is 0 Å². The van der Waals surface area contributed by atoms with Crippen LogP contribution in [0, 0.1) is 0 Å². The number of nitrogens with one attached hydrogen (secondary N) is 1. The molecule has 0 spiro atoms. The van der Waals surface area contributed by atoms with Crippen LogP contribution >= 0.6 is 11.6 Å². The molecule has 4 heteroatoms. The molecule has 1 heterocycles. The van der Waals surface area contributed by atoms with Crippen LogP contribution in [0.1, 0.15) is 25.0 Å². The van der Waals surface area contributed by atoms with Crippen molar-refractivity contribution in [2.24, 2.45) is 5.73 Å². The highest BCUT2D eigenvalue weighted by Gasteiger charge is 2.39. The van der Waals surface area contributed by atoms with Crippen LogP contribution in [0.4, 0.5) is 5.69 Å². The minimum absolute atomic E-state index is 0.0198. The van der Waals surface area contributed by atoms with Crippen molar-refractivity contribution in [3.63, 3.8) is 0 Å². The number of carbonyl (C=O) groups is 1. The van der Waals surface area contributed by atoms with E-state index in [0.29, 0.717) is 11.6 Å². The SMILES string of the molecule is CC1(C)C(=O)Nc2c(Cl)cc(CN)cc21. The maximum absolute atomic E-state index is 11.7. The van der Waals surface area contributed by atoms with Gasteiger partial charge in [-0.2, -0.15) is 0 Å². The van der Waals surface area contributed by atoms with Crippen molar-refractivity contribution in [2.45, 2.75) is 25.8 Å². The molecule has 1 aliphatic heterocycles. The zero-order chi connectivity index (χ0) is 11.2. The lowest BCUT2D eigenvalue weighted by atomic mass is 9.85. The molecule has 0 unspecified atom stereocenters. The molecule has 1 amide bonds. The molecule has 0 atom stereocenters. The Labute approximate surface area is 93.6 Å². The molecule has 1 aromatic rings. The Morgan fingerprint density at radius 3 is 2.73 bits per heavy atom. The van der Waals surface area contributed by atoms with Crippen molar-refractivity contribution >= 4 is 23.2 Å². The summed E-state index contributed by atoms with van der Waals surface area (Å²) in [5.41, 5.74) is 7.65. The van der Waals surface area contributed by atoms with Crippen molar-refractivity contribution in [3.05, 3.63) is 28.3 Å². The second kappa shape index (κ2) is 3.22. The molecule has 0 fully saturated rings. The number of anilines is 1. The summed E-state index contributed by atoms with van der Waals surface area (Å²) in [6.45, 7) is 4.19. The van der Waals surface area contributed by atoms with Crippen LogP contribution in [0.15, 0.2) is 12.1 Å². The molecule has 0 saturated heterocycles. The first kappa shape index (κ1) is 10.5. The standard InChI is InChI=1S/C11H13ClN2O/c1-11(2)7-3-6(5-13)4-8(12)9(7)14-10(11)15/h3-4H,5,13H2,1-2H3,(H,14,15). The molecule has 80 valence electrons. The molecular formula is C11H13ClN2O. The fourth-order valence-electron chi connectivity index (χ4n) is 1.79. The molecule has 2 rings (SSSR count). The fraction of sp³-hybridized carbons (Fsp3) is 0.364. The predicted molar refractivity (Wildman–Crippen MR) is 61.0 cm³/mol. The van der Waals surface area contributed by atoms with Crippen molar-refractivity contribution in [1.82, 2.24) is 0 Å². The van der Waals surface area contributed by atoms with Gasteiger partial charge < -0.3 is 11.1 Å². The van der Waals surface area contributed by atoms with Gasteiger partial charge in [-0.3, -0.25) is 4.79 Å². The minimum atomic E-state index is -0.524. The first-order chi connectivity index (χ1) is 6.96. The molecule has 3 N–H and O–H groups in total. The fourth-order valence-corrected chi connectivity index (χ4v) is 2.08. The van der Waals surface area contributed by atoms with Gasteiger partial charge in [0.25, 0.3) is 0 Å². The van der Waals surface area contributed by atoms with Crippen LogP contribution in [-0.2, 0) is 16.8 Å². The van der Waals surface area contributed by atoms with Gasteiger partial charge in [0.05, 0.1) is 16.1 Å². The van der Waals surface area contributed by atoms with E-state index in [2.05, 4.69) is 5.32 Å². The smallest absolute Gasteiger partial charge is 0.234 e. The Morgan fingerprint density at radius 2 is 2.13 bits per heavy atom. The quantitative estimate of drug-likeness (QED) is 0.767. The highest BCUT2D eigenvalue weighted by molar-refractivity contribution is 6.34. The lowest BCUT2D eigenvalue weighted by Gasteiger charge is -2.15. The second-order valence-corrected chi connectivity index (χ2v) is 4.69. The molecule has 0 saturated carbocycles. The van der Waals surface area contributed by atoms with Crippen LogP contribution < -0.4 is 11.1 Å². The summed E-state index contributed by atoms with van der Waals surface area (Å²) in [5.74, 6) is -0.0198. The van der Waals surface area contributed by atoms with Crippen LogP contribution in [0.2, 0.25) is 5.02 Å². The Morgan fingerprint density at radius 1 is 1.47 bits per heavy atom. The zero-order valence-corrected chi connectivity index (χ0v) is 9.48. The number of hydrogen-bond donors (Lipinski definition) is 2. The van der Waals surface area contributed by atoms with Crippen LogP contribution in [-0.4, -0.2) is 5.91 Å². The molecule has 1 aromatic carbocycles. The molecule has 0 radical (unpaired) electrons. The summed E-state index contributed by atoms with van der Waals surface area (Å²) in [5, 5.41) is 3.36. The Kier molecular flexibility index (Phi) is 2.24. The predicted octanol–water partition coefficient (Wildman–Crippen LogP) is 2.03. The average Bonchev–Trinajstić information content (AvgIpc) is 2.41. The number of benzene rings is 1. The van der Waals surface area contributed by atoms with Crippen LogP contribution in [0.5, 0.6) is 0 Å².